The Morgan fingerprint density at radius 1 is 1.33 bits per heavy atom. The molecule has 1 aromatic carbocycles. The van der Waals surface area contributed by atoms with Crippen LogP contribution in [0.2, 0.25) is 0 Å². The van der Waals surface area contributed by atoms with Crippen LogP contribution in [0.4, 0.5) is 0 Å². The van der Waals surface area contributed by atoms with Crippen LogP contribution in [0.15, 0.2) is 28.7 Å². The van der Waals surface area contributed by atoms with Gasteiger partial charge in [0.15, 0.2) is 0 Å². The molecule has 2 atom stereocenters. The average molecular weight is 353 g/mol. The topological polar surface area (TPSA) is 40.6 Å². The minimum Gasteiger partial charge on any atom is -0.347 e. The fraction of sp³-hybridized carbons (Fsp3) is 0.500. The number of carbonyl (C=O) groups excluding carboxylic acids is 2. The molecule has 2 rings (SSSR count). The summed E-state index contributed by atoms with van der Waals surface area (Å²) < 4.78 is 1.04. The van der Waals surface area contributed by atoms with Gasteiger partial charge in [-0.05, 0) is 37.0 Å². The zero-order valence-corrected chi connectivity index (χ0v) is 14.3. The molecule has 0 heterocycles. The van der Waals surface area contributed by atoms with E-state index in [1.54, 1.807) is 19.0 Å². The summed E-state index contributed by atoms with van der Waals surface area (Å²) >= 11 is 3.46. The molecule has 0 radical (unpaired) electrons. The first-order valence-electron chi connectivity index (χ1n) is 7.18. The molecule has 2 amide bonds. The van der Waals surface area contributed by atoms with Crippen molar-refractivity contribution in [2.24, 2.45) is 5.92 Å². The Bertz CT molecular complexity index is 545. The van der Waals surface area contributed by atoms with Crippen LogP contribution in [0.25, 0.3) is 0 Å². The smallest absolute Gasteiger partial charge is 0.241 e. The van der Waals surface area contributed by atoms with E-state index < -0.39 is 0 Å². The number of hydrogen-bond donors (Lipinski definition) is 0. The van der Waals surface area contributed by atoms with E-state index in [2.05, 4.69) is 28.1 Å². The number of halogens is 1. The third kappa shape index (κ3) is 3.84. The van der Waals surface area contributed by atoms with Gasteiger partial charge in [0.1, 0.15) is 0 Å². The number of amides is 2. The van der Waals surface area contributed by atoms with Gasteiger partial charge in [-0.25, -0.2) is 0 Å². The largest absolute Gasteiger partial charge is 0.347 e. The summed E-state index contributed by atoms with van der Waals surface area (Å²) in [5, 5.41) is 0. The lowest BCUT2D eigenvalue weighted by Gasteiger charge is -2.22. The van der Waals surface area contributed by atoms with Gasteiger partial charge in [0.2, 0.25) is 11.8 Å². The van der Waals surface area contributed by atoms with E-state index in [1.165, 1.54) is 10.5 Å². The number of rotatable bonds is 5. The van der Waals surface area contributed by atoms with Crippen molar-refractivity contribution >= 4 is 27.7 Å². The van der Waals surface area contributed by atoms with E-state index in [1.807, 2.05) is 19.1 Å². The normalized spacial score (nSPS) is 20.0. The van der Waals surface area contributed by atoms with E-state index >= 15 is 0 Å². The molecule has 5 heteroatoms. The van der Waals surface area contributed by atoms with Gasteiger partial charge in [0, 0.05) is 31.0 Å². The highest BCUT2D eigenvalue weighted by Crippen LogP contribution is 2.48. The van der Waals surface area contributed by atoms with E-state index in [9.17, 15) is 9.59 Å². The van der Waals surface area contributed by atoms with Gasteiger partial charge in [-0.15, -0.1) is 0 Å². The average Bonchev–Trinajstić information content (AvgIpc) is 3.24. The van der Waals surface area contributed by atoms with Crippen molar-refractivity contribution in [1.82, 2.24) is 9.80 Å². The first kappa shape index (κ1) is 16.0. The molecule has 114 valence electrons. The molecule has 0 N–H and O–H groups in total. The molecule has 0 saturated heterocycles. The Morgan fingerprint density at radius 3 is 2.62 bits per heavy atom. The molecule has 0 unspecified atom stereocenters. The first-order chi connectivity index (χ1) is 9.93. The van der Waals surface area contributed by atoms with Crippen LogP contribution < -0.4 is 0 Å². The second-order valence-corrected chi connectivity index (χ2v) is 6.56. The molecule has 1 aliphatic rings. The number of nitrogens with zero attached hydrogens (tertiary/aromatic N) is 2. The Labute approximate surface area is 134 Å². The molecule has 21 heavy (non-hydrogen) atoms. The maximum atomic E-state index is 12.5. The minimum atomic E-state index is -0.0372. The lowest BCUT2D eigenvalue weighted by Crippen LogP contribution is -2.41. The highest BCUT2D eigenvalue weighted by atomic mass is 79.9. The molecule has 0 aliphatic heterocycles. The predicted octanol–water partition coefficient (Wildman–Crippen LogP) is 2.49. The van der Waals surface area contributed by atoms with Crippen molar-refractivity contribution in [3.05, 3.63) is 34.3 Å². The van der Waals surface area contributed by atoms with E-state index in [0.29, 0.717) is 12.5 Å². The second kappa shape index (κ2) is 6.60. The number of carbonyl (C=O) groups is 2. The lowest BCUT2D eigenvalue weighted by molar-refractivity contribution is -0.139. The molecular formula is C16H21BrN2O2. The molecule has 0 spiro atoms. The zero-order chi connectivity index (χ0) is 15.6. The van der Waals surface area contributed by atoms with Gasteiger partial charge >= 0.3 is 0 Å². The summed E-state index contributed by atoms with van der Waals surface area (Å²) in [7, 11) is 3.42. The monoisotopic (exact) mass is 352 g/mol. The number of likely N-dealkylation sites (N-methyl/N-ethyl adjacent to an activating group) is 2. The van der Waals surface area contributed by atoms with Crippen LogP contribution in [-0.4, -0.2) is 48.8 Å². The maximum Gasteiger partial charge on any atom is 0.241 e. The highest BCUT2D eigenvalue weighted by Gasteiger charge is 2.45. The van der Waals surface area contributed by atoms with Gasteiger partial charge in [-0.1, -0.05) is 28.1 Å². The van der Waals surface area contributed by atoms with Crippen LogP contribution in [0, 0.1) is 5.92 Å². The summed E-state index contributed by atoms with van der Waals surface area (Å²) in [4.78, 5) is 27.5. The van der Waals surface area contributed by atoms with E-state index in [4.69, 9.17) is 0 Å². The Balaban J connectivity index is 1.99. The molecule has 0 aromatic heterocycles. The molecule has 0 bridgehead atoms. The molecule has 1 aliphatic carbocycles. The molecule has 1 saturated carbocycles. The first-order valence-corrected chi connectivity index (χ1v) is 7.97. The standard InChI is InChI=1S/C16H21BrN2O2/c1-4-19(10-15(20)18(2)3)16(21)14-9-13(14)11-6-5-7-12(17)8-11/h5-8,13-14H,4,9-10H2,1-3H3/t13-,14-/m0/s1. The number of benzene rings is 1. The second-order valence-electron chi connectivity index (χ2n) is 5.64. The van der Waals surface area contributed by atoms with Crippen molar-refractivity contribution in [3.63, 3.8) is 0 Å². The highest BCUT2D eigenvalue weighted by molar-refractivity contribution is 9.10. The van der Waals surface area contributed by atoms with Crippen molar-refractivity contribution in [3.8, 4) is 0 Å². The third-order valence-corrected chi connectivity index (χ3v) is 4.40. The Kier molecular flexibility index (Phi) is 5.04. The van der Waals surface area contributed by atoms with Crippen LogP contribution in [0.3, 0.4) is 0 Å². The quantitative estimate of drug-likeness (QED) is 0.816. The third-order valence-electron chi connectivity index (χ3n) is 3.90. The molecular weight excluding hydrogens is 332 g/mol. The van der Waals surface area contributed by atoms with Crippen molar-refractivity contribution in [2.75, 3.05) is 27.2 Å². The van der Waals surface area contributed by atoms with Gasteiger partial charge in [0.25, 0.3) is 0 Å². The maximum absolute atomic E-state index is 12.5. The summed E-state index contributed by atoms with van der Waals surface area (Å²) in [5.74, 6) is 0.371. The summed E-state index contributed by atoms with van der Waals surface area (Å²) in [5.41, 5.74) is 1.19. The fourth-order valence-corrected chi connectivity index (χ4v) is 2.88. The van der Waals surface area contributed by atoms with E-state index in [-0.39, 0.29) is 24.3 Å². The zero-order valence-electron chi connectivity index (χ0n) is 12.7. The van der Waals surface area contributed by atoms with Crippen molar-refractivity contribution in [2.45, 2.75) is 19.3 Å². The molecule has 1 aromatic rings. The Hall–Kier alpha value is -1.36. The number of hydrogen-bond acceptors (Lipinski definition) is 2. The van der Waals surface area contributed by atoms with Crippen LogP contribution in [-0.2, 0) is 9.59 Å². The minimum absolute atomic E-state index is 0.0224. The van der Waals surface area contributed by atoms with Crippen LogP contribution in [0.5, 0.6) is 0 Å². The molecule has 1 fully saturated rings. The van der Waals surface area contributed by atoms with Crippen LogP contribution >= 0.6 is 15.9 Å². The predicted molar refractivity (Wildman–Crippen MR) is 85.9 cm³/mol. The van der Waals surface area contributed by atoms with Gasteiger partial charge < -0.3 is 9.80 Å². The lowest BCUT2D eigenvalue weighted by atomic mass is 10.1. The van der Waals surface area contributed by atoms with Crippen LogP contribution in [0.1, 0.15) is 24.8 Å². The van der Waals surface area contributed by atoms with Crippen molar-refractivity contribution < 1.29 is 9.59 Å². The Morgan fingerprint density at radius 2 is 2.05 bits per heavy atom. The van der Waals surface area contributed by atoms with Gasteiger partial charge in [-0.2, -0.15) is 0 Å². The van der Waals surface area contributed by atoms with E-state index in [0.717, 1.165) is 10.9 Å². The summed E-state index contributed by atoms with van der Waals surface area (Å²) in [6.45, 7) is 2.65. The van der Waals surface area contributed by atoms with Gasteiger partial charge in [-0.3, -0.25) is 9.59 Å². The summed E-state index contributed by atoms with van der Waals surface area (Å²) in [6, 6.07) is 8.10. The summed E-state index contributed by atoms with van der Waals surface area (Å²) in [6.07, 6.45) is 0.877. The fourth-order valence-electron chi connectivity index (χ4n) is 2.46. The SMILES string of the molecule is CCN(CC(=O)N(C)C)C(=O)[C@H]1C[C@H]1c1cccc(Br)c1. The van der Waals surface area contributed by atoms with Gasteiger partial charge in [0.05, 0.1) is 6.54 Å². The molecule has 4 nitrogen and oxygen atoms in total. The van der Waals surface area contributed by atoms with Crippen molar-refractivity contribution in [1.29, 1.82) is 0 Å².